The first kappa shape index (κ1) is 18.1. The van der Waals surface area contributed by atoms with Crippen molar-refractivity contribution in [1.29, 1.82) is 0 Å². The van der Waals surface area contributed by atoms with E-state index in [0.717, 1.165) is 0 Å². The number of rotatable bonds is 7. The van der Waals surface area contributed by atoms with Gasteiger partial charge in [-0.15, -0.1) is 0 Å². The molecule has 0 heterocycles. The summed E-state index contributed by atoms with van der Waals surface area (Å²) in [5.41, 5.74) is 0. The van der Waals surface area contributed by atoms with E-state index in [0.29, 0.717) is 0 Å². The smallest absolute Gasteiger partial charge is 0.0000000126 e. The van der Waals surface area contributed by atoms with Crippen LogP contribution in [0.25, 0.3) is 0 Å². The second kappa shape index (κ2) is 8.31. The van der Waals surface area contributed by atoms with Gasteiger partial charge >= 0.3 is 0 Å². The summed E-state index contributed by atoms with van der Waals surface area (Å²) in [7, 11) is 47.9. The quantitative estimate of drug-likeness (QED) is 0.347. The molecule has 17 heteroatoms. The molecule has 55 valence electrons. The Balaban J connectivity index is 5.16. The van der Waals surface area contributed by atoms with Crippen molar-refractivity contribution in [2.75, 3.05) is 0 Å². The van der Waals surface area contributed by atoms with Crippen molar-refractivity contribution in [2.45, 2.75) is 0 Å². The first-order chi connectivity index (χ1) is 7.73. The molecule has 0 N–H and O–H groups in total. The molecule has 0 spiro atoms. The SMILES string of the molecule is [B]B([B])B([B][BH3-])B(B([B])[B])B(B([B])[B])B([B])[B]. The van der Waals surface area contributed by atoms with Gasteiger partial charge in [-0.25, -0.2) is 0 Å². The van der Waals surface area contributed by atoms with Crippen LogP contribution in [0.2, 0.25) is 0 Å². The third-order valence-electron chi connectivity index (χ3n) is 2.67. The molecule has 0 aromatic heterocycles. The minimum Gasteiger partial charge on any atom is -0.158 e. The van der Waals surface area contributed by atoms with E-state index in [-0.39, 0.29) is 20.5 Å². The van der Waals surface area contributed by atoms with Gasteiger partial charge in [-0.2, -0.15) is 7.06 Å². The van der Waals surface area contributed by atoms with Gasteiger partial charge in [-0.05, 0) is 107 Å². The van der Waals surface area contributed by atoms with E-state index in [2.05, 4.69) is 7.06 Å². The summed E-state index contributed by atoms with van der Waals surface area (Å²) < 4.78 is 0. The van der Waals surface area contributed by atoms with Crippen molar-refractivity contribution >= 4 is 121 Å². The molecule has 0 unspecified atom stereocenters. The second-order valence-corrected chi connectivity index (χ2v) is 4.04. The Hall–Kier alpha value is 1.10. The summed E-state index contributed by atoms with van der Waals surface area (Å²) in [5.74, 6) is 0. The summed E-state index contributed by atoms with van der Waals surface area (Å²) in [5, 5.41) is 0. The van der Waals surface area contributed by atoms with E-state index in [1.165, 1.54) is 0 Å². The lowest BCUT2D eigenvalue weighted by molar-refractivity contribution is 3.37. The fourth-order valence-electron chi connectivity index (χ4n) is 1.80. The zero-order valence-electron chi connectivity index (χ0n) is 9.24. The Labute approximate surface area is 121 Å². The van der Waals surface area contributed by atoms with Crippen LogP contribution in [0.1, 0.15) is 0 Å². The Morgan fingerprint density at radius 1 is 0.588 bits per heavy atom. The molecule has 17 heavy (non-hydrogen) atoms. The molecular weight excluding hydrogens is 184 g/mol. The van der Waals surface area contributed by atoms with Gasteiger partial charge in [0.1, 0.15) is 0 Å². The summed E-state index contributed by atoms with van der Waals surface area (Å²) in [4.78, 5) is 0. The van der Waals surface area contributed by atoms with Gasteiger partial charge < -0.3 is 0 Å². The predicted molar refractivity (Wildman–Crippen MR) is 102 cm³/mol. The molecule has 0 aliphatic heterocycles. The molecule has 0 aromatic carbocycles. The van der Waals surface area contributed by atoms with E-state index in [9.17, 15) is 0 Å². The zero-order valence-corrected chi connectivity index (χ0v) is 9.24. The first-order valence-electron chi connectivity index (χ1n) is 5.00. The molecule has 0 amide bonds. The highest BCUT2D eigenvalue weighted by Gasteiger charge is 2.38. The Morgan fingerprint density at radius 3 is 1.12 bits per heavy atom. The molecule has 0 saturated carbocycles. The second-order valence-electron chi connectivity index (χ2n) is 4.04. The van der Waals surface area contributed by atoms with E-state index in [4.69, 9.17) is 61.9 Å². The minimum absolute atomic E-state index is 0.0255. The fraction of sp³-hybridized carbons (Fsp3) is 0. The molecule has 0 atom stereocenters. The maximum Gasteiger partial charge on any atom is -0.0000000126 e. The van der Waals surface area contributed by atoms with Crippen molar-refractivity contribution in [3.05, 3.63) is 0 Å². The third-order valence-corrected chi connectivity index (χ3v) is 2.67. The molecule has 0 fully saturated rings. The summed E-state index contributed by atoms with van der Waals surface area (Å²) in [6.07, 6.45) is -3.54. The molecule has 0 aliphatic rings. The van der Waals surface area contributed by atoms with Crippen molar-refractivity contribution in [3.63, 3.8) is 0 Å². The van der Waals surface area contributed by atoms with Crippen molar-refractivity contribution in [1.82, 2.24) is 0 Å². The topological polar surface area (TPSA) is 0 Å². The van der Waals surface area contributed by atoms with Crippen LogP contribution in [-0.2, 0) is 0 Å². The molecule has 0 nitrogen and oxygen atoms in total. The van der Waals surface area contributed by atoms with E-state index < -0.39 is 31.9 Å². The van der Waals surface area contributed by atoms with Crippen molar-refractivity contribution < 1.29 is 0 Å². The van der Waals surface area contributed by atoms with Crippen LogP contribution in [-0.4, -0.2) is 121 Å². The van der Waals surface area contributed by atoms with Crippen LogP contribution in [0.15, 0.2) is 0 Å². The Kier molecular flexibility index (Phi) is 8.85. The van der Waals surface area contributed by atoms with Crippen LogP contribution in [0.3, 0.4) is 0 Å². The largest absolute Gasteiger partial charge is 0.158 e. The molecule has 0 saturated heterocycles. The lowest BCUT2D eigenvalue weighted by Gasteiger charge is -2.39. The molecule has 0 aromatic rings. The monoisotopic (exact) mass is 190 g/mol. The number of hydrogen-bond acceptors (Lipinski definition) is 0. The predicted octanol–water partition coefficient (Wildman–Crippen LogP) is -7.28. The van der Waals surface area contributed by atoms with Gasteiger partial charge in [0.05, 0.1) is 0 Å². The standard InChI is InChI=1S/B17H3/c1-10-15(11(2)3)17(14(8)9)16(12(4)5)13(6)7/h1H3/q-1. The van der Waals surface area contributed by atoms with Crippen molar-refractivity contribution in [3.8, 4) is 0 Å². The number of hydrogen-bond donors (Lipinski definition) is 0. The fourth-order valence-corrected chi connectivity index (χ4v) is 1.80. The summed E-state index contributed by atoms with van der Waals surface area (Å²) in [6.45, 7) is 0. The molecule has 17 radical (unpaired) electrons. The molecule has 0 bridgehead atoms. The summed E-state index contributed by atoms with van der Waals surface area (Å²) >= 11 is 0. The molecule has 0 rings (SSSR count). The van der Waals surface area contributed by atoms with Crippen LogP contribution < -0.4 is 0 Å². The highest BCUT2D eigenvalue weighted by atomic mass is 13.2. The first-order valence-corrected chi connectivity index (χ1v) is 5.00. The van der Waals surface area contributed by atoms with Crippen LogP contribution in [0.5, 0.6) is 0 Å². The summed E-state index contributed by atoms with van der Waals surface area (Å²) in [6, 6.07) is 0. The molecule has 0 aliphatic carbocycles. The maximum absolute atomic E-state index is 5.78. The normalized spacial score (nSPS) is 9.00. The average Bonchev–Trinajstić information content (AvgIpc) is 2.15. The van der Waals surface area contributed by atoms with Gasteiger partial charge in [-0.3, -0.25) is 0 Å². The maximum atomic E-state index is 5.78. The third kappa shape index (κ3) is 5.31. The van der Waals surface area contributed by atoms with Gasteiger partial charge in [0.2, 0.25) is 0 Å². The lowest BCUT2D eigenvalue weighted by atomic mass is 8.43. The minimum atomic E-state index is -0.712. The van der Waals surface area contributed by atoms with E-state index in [1.54, 1.807) is 0 Å². The zero-order chi connectivity index (χ0) is 13.7. The van der Waals surface area contributed by atoms with Gasteiger partial charge in [-0.1, -0.05) is 7.74 Å². The Morgan fingerprint density at radius 2 is 0.941 bits per heavy atom. The average molecular weight is 187 g/mol. The van der Waals surface area contributed by atoms with Crippen LogP contribution >= 0.6 is 0 Å². The highest BCUT2D eigenvalue weighted by Crippen LogP contribution is 2.01. The molecular formula is H3B17-. The van der Waals surface area contributed by atoms with Gasteiger partial charge in [0.15, 0.2) is 0 Å². The van der Waals surface area contributed by atoms with Gasteiger partial charge in [0.25, 0.3) is 0 Å². The lowest BCUT2D eigenvalue weighted by Crippen LogP contribution is -2.76. The highest BCUT2D eigenvalue weighted by molar-refractivity contribution is 8.15. The van der Waals surface area contributed by atoms with Crippen molar-refractivity contribution in [2.24, 2.45) is 0 Å². The van der Waals surface area contributed by atoms with Gasteiger partial charge in [0, 0.05) is 0 Å². The Bertz CT molecular complexity index is 180. The van der Waals surface area contributed by atoms with E-state index >= 15 is 0 Å². The van der Waals surface area contributed by atoms with E-state index in [1.807, 2.05) is 0 Å². The van der Waals surface area contributed by atoms with Crippen LogP contribution in [0, 0.1) is 0 Å². The van der Waals surface area contributed by atoms with Crippen LogP contribution in [0.4, 0.5) is 0 Å².